The lowest BCUT2D eigenvalue weighted by Gasteiger charge is -2.36. The fourth-order valence-electron chi connectivity index (χ4n) is 2.39. The molecule has 1 saturated heterocycles. The van der Waals surface area contributed by atoms with Crippen molar-refractivity contribution >= 4 is 17.8 Å². The van der Waals surface area contributed by atoms with Crippen molar-refractivity contribution in [3.63, 3.8) is 0 Å². The smallest absolute Gasteiger partial charge is 0.133 e. The highest BCUT2D eigenvalue weighted by molar-refractivity contribution is 6.33. The molecule has 98 valence electrons. The zero-order chi connectivity index (χ0) is 13.1. The van der Waals surface area contributed by atoms with Crippen LogP contribution in [0.15, 0.2) is 23.3 Å². The minimum absolute atomic E-state index is 0.330. The summed E-state index contributed by atoms with van der Waals surface area (Å²) in [5.41, 5.74) is 0.365. The number of piperidine rings is 1. The van der Waals surface area contributed by atoms with Crippen LogP contribution >= 0.6 is 11.6 Å². The molecule has 0 amide bonds. The molecule has 1 heterocycles. The van der Waals surface area contributed by atoms with Gasteiger partial charge < -0.3 is 0 Å². The van der Waals surface area contributed by atoms with Gasteiger partial charge in [0.1, 0.15) is 5.82 Å². The molecule has 0 unspecified atom stereocenters. The summed E-state index contributed by atoms with van der Waals surface area (Å²) in [7, 11) is 0. The van der Waals surface area contributed by atoms with E-state index in [0.29, 0.717) is 22.7 Å². The van der Waals surface area contributed by atoms with Gasteiger partial charge in [0.15, 0.2) is 0 Å². The van der Waals surface area contributed by atoms with E-state index in [0.717, 1.165) is 12.8 Å². The summed E-state index contributed by atoms with van der Waals surface area (Å²) in [6.45, 7) is 4.30. The first-order chi connectivity index (χ1) is 8.59. The van der Waals surface area contributed by atoms with Crippen LogP contribution in [0.2, 0.25) is 5.02 Å². The second-order valence-corrected chi connectivity index (χ2v) is 5.30. The van der Waals surface area contributed by atoms with Crippen molar-refractivity contribution in [3.05, 3.63) is 34.6 Å². The zero-order valence-corrected chi connectivity index (χ0v) is 11.5. The average molecular weight is 269 g/mol. The van der Waals surface area contributed by atoms with Crippen LogP contribution in [0.5, 0.6) is 0 Å². The van der Waals surface area contributed by atoms with Gasteiger partial charge in [0, 0.05) is 17.6 Å². The van der Waals surface area contributed by atoms with E-state index in [9.17, 15) is 4.39 Å². The summed E-state index contributed by atoms with van der Waals surface area (Å²) in [5, 5.41) is 6.87. The van der Waals surface area contributed by atoms with E-state index in [-0.39, 0.29) is 5.82 Å². The van der Waals surface area contributed by atoms with Crippen molar-refractivity contribution in [2.45, 2.75) is 45.2 Å². The first-order valence-corrected chi connectivity index (χ1v) is 6.73. The topological polar surface area (TPSA) is 15.6 Å². The maximum absolute atomic E-state index is 13.6. The van der Waals surface area contributed by atoms with Crippen LogP contribution in [0.1, 0.15) is 38.7 Å². The Labute approximate surface area is 112 Å². The quantitative estimate of drug-likeness (QED) is 0.738. The van der Waals surface area contributed by atoms with Gasteiger partial charge in [-0.3, -0.25) is 5.01 Å². The van der Waals surface area contributed by atoms with Crippen LogP contribution in [0.3, 0.4) is 0 Å². The van der Waals surface area contributed by atoms with Crippen molar-refractivity contribution < 1.29 is 4.39 Å². The van der Waals surface area contributed by atoms with Crippen molar-refractivity contribution in [1.82, 2.24) is 5.01 Å². The Morgan fingerprint density at radius 3 is 2.61 bits per heavy atom. The number of halogens is 2. The number of rotatable bonds is 2. The molecule has 0 N–H and O–H groups in total. The maximum atomic E-state index is 13.6. The summed E-state index contributed by atoms with van der Waals surface area (Å²) in [6.07, 6.45) is 5.03. The molecule has 2 rings (SSSR count). The number of hydrazone groups is 1. The molecular formula is C14H18ClFN2. The van der Waals surface area contributed by atoms with Crippen molar-refractivity contribution in [1.29, 1.82) is 0 Å². The van der Waals surface area contributed by atoms with Gasteiger partial charge in [-0.1, -0.05) is 17.7 Å². The Bertz CT molecular complexity index is 417. The molecule has 2 atom stereocenters. The van der Waals surface area contributed by atoms with Crippen LogP contribution in [-0.4, -0.2) is 23.3 Å². The van der Waals surface area contributed by atoms with Crippen LogP contribution in [-0.2, 0) is 0 Å². The third-order valence-electron chi connectivity index (χ3n) is 3.47. The van der Waals surface area contributed by atoms with Gasteiger partial charge in [-0.2, -0.15) is 5.10 Å². The molecule has 0 radical (unpaired) electrons. The lowest BCUT2D eigenvalue weighted by molar-refractivity contribution is 0.109. The zero-order valence-electron chi connectivity index (χ0n) is 10.7. The van der Waals surface area contributed by atoms with E-state index in [1.54, 1.807) is 12.1 Å². The Kier molecular flexibility index (Phi) is 4.23. The molecule has 0 saturated carbocycles. The van der Waals surface area contributed by atoms with Crippen LogP contribution < -0.4 is 0 Å². The second kappa shape index (κ2) is 5.70. The van der Waals surface area contributed by atoms with Crippen LogP contribution in [0.4, 0.5) is 4.39 Å². The molecule has 1 aromatic carbocycles. The number of hydrogen-bond acceptors (Lipinski definition) is 2. The summed E-state index contributed by atoms with van der Waals surface area (Å²) >= 11 is 5.97. The molecule has 2 nitrogen and oxygen atoms in total. The molecule has 1 aromatic rings. The highest BCUT2D eigenvalue weighted by Gasteiger charge is 2.22. The summed E-state index contributed by atoms with van der Waals surface area (Å²) in [6, 6.07) is 5.47. The van der Waals surface area contributed by atoms with E-state index in [1.807, 2.05) is 5.01 Å². The van der Waals surface area contributed by atoms with Gasteiger partial charge in [0.2, 0.25) is 0 Å². The van der Waals surface area contributed by atoms with Crippen LogP contribution in [0.25, 0.3) is 0 Å². The van der Waals surface area contributed by atoms with Crippen molar-refractivity contribution in [3.8, 4) is 0 Å². The van der Waals surface area contributed by atoms with Crippen LogP contribution in [0, 0.1) is 5.82 Å². The minimum Gasteiger partial charge on any atom is -0.292 e. The van der Waals surface area contributed by atoms with Gasteiger partial charge in [-0.05, 0) is 45.2 Å². The normalized spacial score (nSPS) is 24.8. The summed E-state index contributed by atoms with van der Waals surface area (Å²) in [5.74, 6) is -0.330. The molecule has 0 aromatic heterocycles. The Balaban J connectivity index is 2.19. The first-order valence-electron chi connectivity index (χ1n) is 6.36. The largest absolute Gasteiger partial charge is 0.292 e. The van der Waals surface area contributed by atoms with Gasteiger partial charge in [0.05, 0.1) is 11.2 Å². The maximum Gasteiger partial charge on any atom is 0.133 e. The molecule has 0 aliphatic carbocycles. The number of hydrogen-bond donors (Lipinski definition) is 0. The van der Waals surface area contributed by atoms with Crippen molar-refractivity contribution in [2.24, 2.45) is 5.10 Å². The second-order valence-electron chi connectivity index (χ2n) is 4.89. The predicted octanol–water partition coefficient (Wildman–Crippen LogP) is 4.08. The summed E-state index contributed by atoms with van der Waals surface area (Å²) < 4.78 is 13.6. The molecule has 0 spiro atoms. The molecular weight excluding hydrogens is 251 g/mol. The molecule has 1 aliphatic rings. The van der Waals surface area contributed by atoms with Gasteiger partial charge in [-0.25, -0.2) is 4.39 Å². The first kappa shape index (κ1) is 13.3. The van der Waals surface area contributed by atoms with Gasteiger partial charge >= 0.3 is 0 Å². The van der Waals surface area contributed by atoms with E-state index < -0.39 is 0 Å². The fraction of sp³-hybridized carbons (Fsp3) is 0.500. The number of nitrogens with zero attached hydrogens (tertiary/aromatic N) is 2. The Hall–Kier alpha value is -1.09. The average Bonchev–Trinajstić information content (AvgIpc) is 2.31. The predicted molar refractivity (Wildman–Crippen MR) is 73.6 cm³/mol. The highest BCUT2D eigenvalue weighted by atomic mass is 35.5. The van der Waals surface area contributed by atoms with Gasteiger partial charge in [-0.15, -0.1) is 0 Å². The SMILES string of the molecule is C[C@H]1CCC[C@H](C)N1N=Cc1c(F)cccc1Cl. The standard InChI is InChI=1S/C14H18ClFN2/c1-10-5-3-6-11(2)18(10)17-9-12-13(15)7-4-8-14(12)16/h4,7-11H,3,5-6H2,1-2H3/t10-,11-/m0/s1. The molecule has 1 aliphatic heterocycles. The molecule has 18 heavy (non-hydrogen) atoms. The highest BCUT2D eigenvalue weighted by Crippen LogP contribution is 2.23. The lowest BCUT2D eigenvalue weighted by Crippen LogP contribution is -2.39. The van der Waals surface area contributed by atoms with E-state index in [4.69, 9.17) is 11.6 Å². The van der Waals surface area contributed by atoms with E-state index >= 15 is 0 Å². The Morgan fingerprint density at radius 2 is 2.00 bits per heavy atom. The third-order valence-corrected chi connectivity index (χ3v) is 3.80. The number of benzene rings is 1. The van der Waals surface area contributed by atoms with Crippen molar-refractivity contribution in [2.75, 3.05) is 0 Å². The molecule has 4 heteroatoms. The molecule has 1 fully saturated rings. The monoisotopic (exact) mass is 268 g/mol. The minimum atomic E-state index is -0.330. The van der Waals surface area contributed by atoms with E-state index in [1.165, 1.54) is 18.7 Å². The third kappa shape index (κ3) is 2.83. The Morgan fingerprint density at radius 1 is 1.33 bits per heavy atom. The summed E-state index contributed by atoms with van der Waals surface area (Å²) in [4.78, 5) is 0. The molecule has 0 bridgehead atoms. The fourth-order valence-corrected chi connectivity index (χ4v) is 2.61. The van der Waals surface area contributed by atoms with E-state index in [2.05, 4.69) is 18.9 Å². The van der Waals surface area contributed by atoms with Gasteiger partial charge in [0.25, 0.3) is 0 Å². The lowest BCUT2D eigenvalue weighted by atomic mass is 10.00.